The van der Waals surface area contributed by atoms with Crippen molar-refractivity contribution in [3.05, 3.63) is 0 Å². The van der Waals surface area contributed by atoms with Crippen molar-refractivity contribution in [2.24, 2.45) is 5.84 Å². The third-order valence-corrected chi connectivity index (χ3v) is 1.76. The molecule has 0 aliphatic carbocycles. The number of nitrogens with one attached hydrogen (secondary N) is 1. The van der Waals surface area contributed by atoms with E-state index in [0.29, 0.717) is 6.54 Å². The van der Waals surface area contributed by atoms with Gasteiger partial charge >= 0.3 is 11.8 Å². The lowest BCUT2D eigenvalue weighted by Crippen LogP contribution is -2.46. The van der Waals surface area contributed by atoms with Crippen molar-refractivity contribution in [1.29, 1.82) is 0 Å². The lowest BCUT2D eigenvalue weighted by Gasteiger charge is -2.19. The summed E-state index contributed by atoms with van der Waals surface area (Å²) in [6.45, 7) is 2.44. The number of hydrogen-bond donors (Lipinski definition) is 3. The van der Waals surface area contributed by atoms with E-state index in [1.807, 2.05) is 6.92 Å². The number of aliphatic hydroxyl groups is 1. The number of unbranched alkanes of at least 4 members (excludes halogenated alkanes) is 1. The van der Waals surface area contributed by atoms with Gasteiger partial charge in [-0.15, -0.1) is 0 Å². The van der Waals surface area contributed by atoms with E-state index in [2.05, 4.69) is 0 Å². The van der Waals surface area contributed by atoms with Crippen molar-refractivity contribution in [3.63, 3.8) is 0 Å². The Morgan fingerprint density at radius 1 is 1.43 bits per heavy atom. The van der Waals surface area contributed by atoms with E-state index in [0.717, 1.165) is 12.8 Å². The van der Waals surface area contributed by atoms with Gasteiger partial charge in [0.05, 0.1) is 6.61 Å². The largest absolute Gasteiger partial charge is 0.395 e. The topological polar surface area (TPSA) is 95.7 Å². The first-order valence-electron chi connectivity index (χ1n) is 4.58. The summed E-state index contributed by atoms with van der Waals surface area (Å²) in [6.07, 6.45) is 1.71. The minimum Gasteiger partial charge on any atom is -0.395 e. The van der Waals surface area contributed by atoms with E-state index in [1.54, 1.807) is 5.43 Å². The second kappa shape index (κ2) is 7.28. The van der Waals surface area contributed by atoms with E-state index in [4.69, 9.17) is 10.9 Å². The Morgan fingerprint density at radius 3 is 2.50 bits per heavy atom. The van der Waals surface area contributed by atoms with Crippen LogP contribution >= 0.6 is 0 Å². The number of nitrogens with zero attached hydrogens (tertiary/aromatic N) is 1. The number of hydrogen-bond acceptors (Lipinski definition) is 4. The molecule has 0 unspecified atom stereocenters. The third-order valence-electron chi connectivity index (χ3n) is 1.76. The summed E-state index contributed by atoms with van der Waals surface area (Å²) in [5.41, 5.74) is 1.77. The normalized spacial score (nSPS) is 9.64. The van der Waals surface area contributed by atoms with E-state index in [-0.39, 0.29) is 13.2 Å². The van der Waals surface area contributed by atoms with Gasteiger partial charge in [0.15, 0.2) is 0 Å². The molecule has 0 rings (SSSR count). The van der Waals surface area contributed by atoms with Crippen LogP contribution in [0, 0.1) is 0 Å². The molecule has 0 spiro atoms. The maximum Gasteiger partial charge on any atom is 0.323 e. The summed E-state index contributed by atoms with van der Waals surface area (Å²) < 4.78 is 0. The highest BCUT2D eigenvalue weighted by atomic mass is 16.3. The molecular weight excluding hydrogens is 186 g/mol. The molecule has 0 aliphatic rings. The Balaban J connectivity index is 4.17. The molecule has 0 fully saturated rings. The summed E-state index contributed by atoms with van der Waals surface area (Å²) >= 11 is 0. The second-order valence-electron chi connectivity index (χ2n) is 2.84. The monoisotopic (exact) mass is 203 g/mol. The molecule has 0 radical (unpaired) electrons. The average molecular weight is 203 g/mol. The molecule has 0 aromatic carbocycles. The highest BCUT2D eigenvalue weighted by molar-refractivity contribution is 6.34. The Labute approximate surface area is 83.0 Å². The quantitative estimate of drug-likeness (QED) is 0.221. The van der Waals surface area contributed by atoms with Crippen LogP contribution in [0.4, 0.5) is 0 Å². The average Bonchev–Trinajstić information content (AvgIpc) is 2.22. The molecule has 0 saturated carbocycles. The maximum absolute atomic E-state index is 11.3. The van der Waals surface area contributed by atoms with Crippen molar-refractivity contribution in [2.45, 2.75) is 19.8 Å². The van der Waals surface area contributed by atoms with Crippen molar-refractivity contribution in [1.82, 2.24) is 10.3 Å². The van der Waals surface area contributed by atoms with Crippen LogP contribution in [0.15, 0.2) is 0 Å². The van der Waals surface area contributed by atoms with Crippen LogP contribution in [0.1, 0.15) is 19.8 Å². The van der Waals surface area contributed by atoms with Crippen LogP contribution in [-0.4, -0.2) is 41.5 Å². The third kappa shape index (κ3) is 4.20. The van der Waals surface area contributed by atoms with Gasteiger partial charge in [-0.2, -0.15) is 0 Å². The predicted octanol–water partition coefficient (Wildman–Crippen LogP) is -1.40. The summed E-state index contributed by atoms with van der Waals surface area (Å²) in [6, 6.07) is 0. The summed E-state index contributed by atoms with van der Waals surface area (Å²) in [4.78, 5) is 23.5. The van der Waals surface area contributed by atoms with Gasteiger partial charge in [0, 0.05) is 13.1 Å². The molecule has 0 saturated heterocycles. The number of carbonyl (C=O) groups is 2. The molecule has 4 N–H and O–H groups in total. The number of amides is 2. The van der Waals surface area contributed by atoms with Crippen LogP contribution in [0.25, 0.3) is 0 Å². The molecule has 82 valence electrons. The molecular formula is C8H17N3O3. The minimum atomic E-state index is -0.852. The van der Waals surface area contributed by atoms with Gasteiger partial charge in [0.25, 0.3) is 0 Å². The lowest BCUT2D eigenvalue weighted by atomic mass is 10.3. The van der Waals surface area contributed by atoms with Crippen LogP contribution in [0.5, 0.6) is 0 Å². The van der Waals surface area contributed by atoms with Crippen LogP contribution in [0.3, 0.4) is 0 Å². The molecule has 0 aromatic rings. The highest BCUT2D eigenvalue weighted by Gasteiger charge is 2.19. The fourth-order valence-electron chi connectivity index (χ4n) is 0.990. The van der Waals surface area contributed by atoms with Crippen LogP contribution in [0.2, 0.25) is 0 Å². The smallest absolute Gasteiger partial charge is 0.323 e. The Morgan fingerprint density at radius 2 is 2.07 bits per heavy atom. The first kappa shape index (κ1) is 12.9. The van der Waals surface area contributed by atoms with Crippen molar-refractivity contribution >= 4 is 11.8 Å². The second-order valence-corrected chi connectivity index (χ2v) is 2.84. The van der Waals surface area contributed by atoms with E-state index in [1.165, 1.54) is 4.90 Å². The zero-order valence-electron chi connectivity index (χ0n) is 8.32. The predicted molar refractivity (Wildman–Crippen MR) is 50.9 cm³/mol. The Kier molecular flexibility index (Phi) is 6.69. The van der Waals surface area contributed by atoms with Crippen molar-refractivity contribution in [3.8, 4) is 0 Å². The van der Waals surface area contributed by atoms with Crippen LogP contribution in [-0.2, 0) is 9.59 Å². The van der Waals surface area contributed by atoms with E-state index < -0.39 is 11.8 Å². The number of nitrogens with two attached hydrogens (primary N) is 1. The molecule has 14 heavy (non-hydrogen) atoms. The maximum atomic E-state index is 11.3. The number of carbonyl (C=O) groups excluding carboxylic acids is 2. The standard InChI is InChI=1S/C8H17N3O3/c1-2-3-4-11(5-6-12)8(14)7(13)10-9/h12H,2-6,9H2,1H3,(H,10,13). The molecule has 0 aromatic heterocycles. The van der Waals surface area contributed by atoms with Gasteiger partial charge in [-0.05, 0) is 6.42 Å². The molecule has 0 bridgehead atoms. The van der Waals surface area contributed by atoms with E-state index in [9.17, 15) is 9.59 Å². The molecule has 6 heteroatoms. The minimum absolute atomic E-state index is 0.159. The highest BCUT2D eigenvalue weighted by Crippen LogP contribution is 1.95. The Bertz CT molecular complexity index is 196. The zero-order chi connectivity index (χ0) is 11.0. The Hall–Kier alpha value is -1.14. The molecule has 2 amide bonds. The number of aliphatic hydroxyl groups excluding tert-OH is 1. The fourth-order valence-corrected chi connectivity index (χ4v) is 0.990. The SMILES string of the molecule is CCCCN(CCO)C(=O)C(=O)NN. The van der Waals surface area contributed by atoms with E-state index >= 15 is 0 Å². The summed E-state index contributed by atoms with van der Waals surface area (Å²) in [5, 5.41) is 8.68. The molecule has 0 aliphatic heterocycles. The first-order chi connectivity index (χ1) is 6.67. The van der Waals surface area contributed by atoms with Gasteiger partial charge in [-0.1, -0.05) is 13.3 Å². The molecule has 6 nitrogen and oxygen atoms in total. The van der Waals surface area contributed by atoms with Gasteiger partial charge in [0.2, 0.25) is 0 Å². The van der Waals surface area contributed by atoms with Gasteiger partial charge < -0.3 is 10.0 Å². The van der Waals surface area contributed by atoms with Crippen LogP contribution < -0.4 is 11.3 Å². The number of hydrazine groups is 1. The van der Waals surface area contributed by atoms with Crippen molar-refractivity contribution < 1.29 is 14.7 Å². The summed E-state index contributed by atoms with van der Waals surface area (Å²) in [5.74, 6) is 3.27. The van der Waals surface area contributed by atoms with Gasteiger partial charge in [-0.25, -0.2) is 5.84 Å². The lowest BCUT2D eigenvalue weighted by molar-refractivity contribution is -0.146. The first-order valence-corrected chi connectivity index (χ1v) is 4.58. The fraction of sp³-hybridized carbons (Fsp3) is 0.750. The van der Waals surface area contributed by atoms with Crippen molar-refractivity contribution in [2.75, 3.05) is 19.7 Å². The zero-order valence-corrected chi connectivity index (χ0v) is 8.32. The molecule has 0 atom stereocenters. The van der Waals surface area contributed by atoms with Gasteiger partial charge in [-0.3, -0.25) is 15.0 Å². The number of rotatable bonds is 5. The molecule has 0 heterocycles. The summed E-state index contributed by atoms with van der Waals surface area (Å²) in [7, 11) is 0. The van der Waals surface area contributed by atoms with Gasteiger partial charge in [0.1, 0.15) is 0 Å².